The van der Waals surface area contributed by atoms with E-state index in [0.717, 1.165) is 5.56 Å². The van der Waals surface area contributed by atoms with Gasteiger partial charge in [-0.1, -0.05) is 53.5 Å². The number of hydrazine groups is 1. The summed E-state index contributed by atoms with van der Waals surface area (Å²) >= 11 is 11.6. The molecule has 108 valence electrons. The minimum absolute atomic E-state index is 0.183. The fourth-order valence-corrected chi connectivity index (χ4v) is 1.96. The Hall–Kier alpha value is -2.04. The van der Waals surface area contributed by atoms with Gasteiger partial charge in [-0.2, -0.15) is 0 Å². The van der Waals surface area contributed by atoms with Crippen LogP contribution in [-0.4, -0.2) is 11.8 Å². The molecule has 0 radical (unpaired) electrons. The lowest BCUT2D eigenvalue weighted by atomic mass is 10.1. The summed E-state index contributed by atoms with van der Waals surface area (Å²) in [4.78, 5) is 23.5. The van der Waals surface area contributed by atoms with Crippen molar-refractivity contribution in [2.24, 2.45) is 0 Å². The third-order valence-corrected chi connectivity index (χ3v) is 3.44. The molecule has 2 aromatic carbocycles. The zero-order valence-corrected chi connectivity index (χ0v) is 12.4. The molecule has 4 nitrogen and oxygen atoms in total. The molecule has 2 N–H and O–H groups in total. The van der Waals surface area contributed by atoms with Crippen molar-refractivity contribution < 1.29 is 9.59 Å². The van der Waals surface area contributed by atoms with Gasteiger partial charge >= 0.3 is 0 Å². The summed E-state index contributed by atoms with van der Waals surface area (Å²) < 4.78 is 0. The molecule has 0 saturated carbocycles. The first kappa shape index (κ1) is 15.4. The summed E-state index contributed by atoms with van der Waals surface area (Å²) in [5.41, 5.74) is 5.84. The van der Waals surface area contributed by atoms with E-state index < -0.39 is 5.91 Å². The highest BCUT2D eigenvalue weighted by atomic mass is 35.5. The van der Waals surface area contributed by atoms with Crippen LogP contribution in [0.1, 0.15) is 15.9 Å². The van der Waals surface area contributed by atoms with E-state index in [0.29, 0.717) is 10.6 Å². The number of halogens is 2. The quantitative estimate of drug-likeness (QED) is 0.853. The summed E-state index contributed by atoms with van der Waals surface area (Å²) in [6.07, 6.45) is 0.183. The normalized spacial score (nSPS) is 10.0. The lowest BCUT2D eigenvalue weighted by Crippen LogP contribution is -2.42. The second-order valence-electron chi connectivity index (χ2n) is 4.29. The summed E-state index contributed by atoms with van der Waals surface area (Å²) in [6, 6.07) is 13.7. The maximum absolute atomic E-state index is 11.8. The van der Waals surface area contributed by atoms with E-state index >= 15 is 0 Å². The van der Waals surface area contributed by atoms with Gasteiger partial charge < -0.3 is 0 Å². The number of hydrogen-bond acceptors (Lipinski definition) is 2. The Bertz CT molecular complexity index is 660. The Morgan fingerprint density at radius 2 is 1.62 bits per heavy atom. The molecular weight excluding hydrogens is 311 g/mol. The average Bonchev–Trinajstić information content (AvgIpc) is 2.48. The van der Waals surface area contributed by atoms with Gasteiger partial charge in [0.15, 0.2) is 0 Å². The minimum atomic E-state index is -0.463. The third kappa shape index (κ3) is 4.48. The predicted octanol–water partition coefficient (Wildman–Crippen LogP) is 3.00. The molecule has 0 saturated heterocycles. The number of rotatable bonds is 3. The van der Waals surface area contributed by atoms with Crippen molar-refractivity contribution >= 4 is 35.0 Å². The topological polar surface area (TPSA) is 58.2 Å². The van der Waals surface area contributed by atoms with Gasteiger partial charge in [-0.15, -0.1) is 0 Å². The van der Waals surface area contributed by atoms with E-state index in [-0.39, 0.29) is 17.4 Å². The molecule has 0 spiro atoms. The van der Waals surface area contributed by atoms with E-state index in [1.54, 1.807) is 0 Å². The third-order valence-electron chi connectivity index (χ3n) is 2.70. The molecule has 6 heteroatoms. The van der Waals surface area contributed by atoms with Crippen LogP contribution >= 0.6 is 23.2 Å². The van der Waals surface area contributed by atoms with Gasteiger partial charge in [-0.25, -0.2) is 0 Å². The van der Waals surface area contributed by atoms with Gasteiger partial charge in [-0.05, 0) is 23.8 Å². The van der Waals surface area contributed by atoms with Gasteiger partial charge in [0.1, 0.15) is 0 Å². The molecule has 0 aliphatic rings. The van der Waals surface area contributed by atoms with Crippen molar-refractivity contribution in [2.45, 2.75) is 6.42 Å². The second-order valence-corrected chi connectivity index (χ2v) is 5.11. The summed E-state index contributed by atoms with van der Waals surface area (Å²) in [6.45, 7) is 0. The molecule has 0 atom stereocenters. The van der Waals surface area contributed by atoms with Crippen LogP contribution in [0.2, 0.25) is 10.0 Å². The van der Waals surface area contributed by atoms with Gasteiger partial charge in [0, 0.05) is 5.56 Å². The fraction of sp³-hybridized carbons (Fsp3) is 0.0667. The summed E-state index contributed by atoms with van der Waals surface area (Å²) in [7, 11) is 0. The SMILES string of the molecule is O=C(Cc1ccccc1)NNC(=O)c1ccc(Cl)c(Cl)c1. The van der Waals surface area contributed by atoms with E-state index in [1.165, 1.54) is 18.2 Å². The molecule has 0 aliphatic heterocycles. The molecule has 0 aliphatic carbocycles. The van der Waals surface area contributed by atoms with Crippen molar-refractivity contribution in [3.05, 3.63) is 69.7 Å². The lowest BCUT2D eigenvalue weighted by molar-refractivity contribution is -0.121. The molecule has 2 rings (SSSR count). The highest BCUT2D eigenvalue weighted by molar-refractivity contribution is 6.42. The van der Waals surface area contributed by atoms with Crippen LogP contribution in [0.25, 0.3) is 0 Å². The van der Waals surface area contributed by atoms with Crippen molar-refractivity contribution in [3.63, 3.8) is 0 Å². The summed E-state index contributed by atoms with van der Waals surface area (Å²) in [5.74, 6) is -0.774. The van der Waals surface area contributed by atoms with Crippen LogP contribution < -0.4 is 10.9 Å². The Balaban J connectivity index is 1.89. The highest BCUT2D eigenvalue weighted by Gasteiger charge is 2.09. The van der Waals surface area contributed by atoms with Crippen molar-refractivity contribution in [1.82, 2.24) is 10.9 Å². The number of carbonyl (C=O) groups excluding carboxylic acids is 2. The smallest absolute Gasteiger partial charge is 0.269 e. The van der Waals surface area contributed by atoms with Crippen molar-refractivity contribution in [2.75, 3.05) is 0 Å². The monoisotopic (exact) mass is 322 g/mol. The Morgan fingerprint density at radius 3 is 2.29 bits per heavy atom. The van der Waals surface area contributed by atoms with Crippen LogP contribution in [0.4, 0.5) is 0 Å². The summed E-state index contributed by atoms with van der Waals surface area (Å²) in [5, 5.41) is 0.640. The zero-order chi connectivity index (χ0) is 15.2. The standard InChI is InChI=1S/C15H12Cl2N2O2/c16-12-7-6-11(9-13(12)17)15(21)19-18-14(20)8-10-4-2-1-3-5-10/h1-7,9H,8H2,(H,18,20)(H,19,21). The molecule has 0 unspecified atom stereocenters. The van der Waals surface area contributed by atoms with E-state index in [2.05, 4.69) is 10.9 Å². The first-order valence-corrected chi connectivity index (χ1v) is 6.90. The first-order chi connectivity index (χ1) is 10.1. The number of carbonyl (C=O) groups is 2. The Kier molecular flexibility index (Phi) is 5.20. The maximum atomic E-state index is 11.8. The van der Waals surface area contributed by atoms with Gasteiger partial charge in [-0.3, -0.25) is 20.4 Å². The van der Waals surface area contributed by atoms with Gasteiger partial charge in [0.2, 0.25) is 5.91 Å². The number of amides is 2. The zero-order valence-electron chi connectivity index (χ0n) is 10.9. The van der Waals surface area contributed by atoms with Gasteiger partial charge in [0.05, 0.1) is 16.5 Å². The molecular formula is C15H12Cl2N2O2. The lowest BCUT2D eigenvalue weighted by Gasteiger charge is -2.08. The van der Waals surface area contributed by atoms with Crippen molar-refractivity contribution in [3.8, 4) is 0 Å². The van der Waals surface area contributed by atoms with Crippen LogP contribution in [-0.2, 0) is 11.2 Å². The van der Waals surface area contributed by atoms with E-state index in [1.807, 2.05) is 30.3 Å². The number of nitrogens with one attached hydrogen (secondary N) is 2. The maximum Gasteiger partial charge on any atom is 0.269 e. The van der Waals surface area contributed by atoms with Crippen LogP contribution in [0, 0.1) is 0 Å². The Labute approximate surface area is 132 Å². The highest BCUT2D eigenvalue weighted by Crippen LogP contribution is 2.22. The predicted molar refractivity (Wildman–Crippen MR) is 82.2 cm³/mol. The van der Waals surface area contributed by atoms with E-state index in [4.69, 9.17) is 23.2 Å². The van der Waals surface area contributed by atoms with Crippen LogP contribution in [0.5, 0.6) is 0 Å². The molecule has 0 aromatic heterocycles. The van der Waals surface area contributed by atoms with E-state index in [9.17, 15) is 9.59 Å². The molecule has 0 heterocycles. The Morgan fingerprint density at radius 1 is 0.905 bits per heavy atom. The molecule has 2 aromatic rings. The molecule has 21 heavy (non-hydrogen) atoms. The van der Waals surface area contributed by atoms with Gasteiger partial charge in [0.25, 0.3) is 5.91 Å². The van der Waals surface area contributed by atoms with Crippen LogP contribution in [0.3, 0.4) is 0 Å². The fourth-order valence-electron chi connectivity index (χ4n) is 1.66. The second kappa shape index (κ2) is 7.11. The van der Waals surface area contributed by atoms with Crippen molar-refractivity contribution in [1.29, 1.82) is 0 Å². The van der Waals surface area contributed by atoms with Crippen LogP contribution in [0.15, 0.2) is 48.5 Å². The number of hydrogen-bond donors (Lipinski definition) is 2. The largest absolute Gasteiger partial charge is 0.273 e. The first-order valence-electron chi connectivity index (χ1n) is 6.14. The molecule has 2 amide bonds. The molecule has 0 fully saturated rings. The molecule has 0 bridgehead atoms. The number of benzene rings is 2. The minimum Gasteiger partial charge on any atom is -0.273 e. The average molecular weight is 323 g/mol.